The molecule has 0 aliphatic rings. The van der Waals surface area contributed by atoms with E-state index in [4.69, 9.17) is 10.8 Å². The number of hydrogen-bond acceptors (Lipinski definition) is 5. The van der Waals surface area contributed by atoms with Gasteiger partial charge in [0, 0.05) is 5.75 Å². The van der Waals surface area contributed by atoms with Crippen LogP contribution in [0.2, 0.25) is 0 Å². The molecule has 116 valence electrons. The Hall–Kier alpha value is -1.28. The molecular weight excluding hydrogens is 282 g/mol. The monoisotopic (exact) mass is 305 g/mol. The lowest BCUT2D eigenvalue weighted by Gasteiger charge is -2.24. The molecule has 0 aromatic carbocycles. The molecule has 0 fully saturated rings. The maximum atomic E-state index is 12.0. The SMILES string of the molecule is CC[C@H](C)[C@H](NC(=O)[C@H](CS)NC(=O)[C@H](C)N)C(=O)O. The van der Waals surface area contributed by atoms with Gasteiger partial charge in [-0.05, 0) is 12.8 Å². The van der Waals surface area contributed by atoms with Crippen molar-refractivity contribution in [1.29, 1.82) is 0 Å². The fourth-order valence-electron chi connectivity index (χ4n) is 1.43. The Labute approximate surface area is 124 Å². The molecule has 0 heterocycles. The summed E-state index contributed by atoms with van der Waals surface area (Å²) in [6.45, 7) is 5.05. The van der Waals surface area contributed by atoms with Gasteiger partial charge in [-0.1, -0.05) is 20.3 Å². The Kier molecular flexibility index (Phi) is 8.24. The van der Waals surface area contributed by atoms with Crippen LogP contribution in [0, 0.1) is 5.92 Å². The molecule has 0 spiro atoms. The summed E-state index contributed by atoms with van der Waals surface area (Å²) >= 11 is 3.98. The molecule has 0 aromatic rings. The summed E-state index contributed by atoms with van der Waals surface area (Å²) in [5.41, 5.74) is 5.40. The van der Waals surface area contributed by atoms with E-state index in [1.165, 1.54) is 6.92 Å². The van der Waals surface area contributed by atoms with Crippen molar-refractivity contribution in [2.45, 2.75) is 45.3 Å². The molecule has 4 atom stereocenters. The number of carbonyl (C=O) groups excluding carboxylic acids is 2. The van der Waals surface area contributed by atoms with Gasteiger partial charge in [-0.25, -0.2) is 4.79 Å². The lowest BCUT2D eigenvalue weighted by atomic mass is 9.99. The molecule has 0 aromatic heterocycles. The number of nitrogens with one attached hydrogen (secondary N) is 2. The third-order valence-electron chi connectivity index (χ3n) is 3.01. The van der Waals surface area contributed by atoms with Crippen LogP contribution < -0.4 is 16.4 Å². The zero-order valence-corrected chi connectivity index (χ0v) is 12.8. The summed E-state index contributed by atoms with van der Waals surface area (Å²) in [7, 11) is 0. The molecule has 0 aliphatic carbocycles. The first-order valence-electron chi connectivity index (χ1n) is 6.44. The molecule has 7 nitrogen and oxygen atoms in total. The van der Waals surface area contributed by atoms with Gasteiger partial charge in [-0.3, -0.25) is 9.59 Å². The van der Waals surface area contributed by atoms with Crippen LogP contribution in [0.25, 0.3) is 0 Å². The van der Waals surface area contributed by atoms with Crippen molar-refractivity contribution >= 4 is 30.4 Å². The topological polar surface area (TPSA) is 122 Å². The number of nitrogens with two attached hydrogens (primary N) is 1. The second kappa shape index (κ2) is 8.80. The van der Waals surface area contributed by atoms with Gasteiger partial charge in [-0.15, -0.1) is 0 Å². The fourth-order valence-corrected chi connectivity index (χ4v) is 1.69. The van der Waals surface area contributed by atoms with Crippen molar-refractivity contribution < 1.29 is 19.5 Å². The standard InChI is InChI=1S/C12H23N3O4S/c1-4-6(2)9(12(18)19)15-11(17)8(5-20)14-10(16)7(3)13/h6-9,20H,4-5,13H2,1-3H3,(H,14,16)(H,15,17)(H,18,19)/t6-,7-,8-,9-/m0/s1. The smallest absolute Gasteiger partial charge is 0.326 e. The first-order chi connectivity index (χ1) is 9.24. The highest BCUT2D eigenvalue weighted by atomic mass is 32.1. The van der Waals surface area contributed by atoms with E-state index >= 15 is 0 Å². The van der Waals surface area contributed by atoms with E-state index < -0.39 is 35.9 Å². The molecule has 0 bridgehead atoms. The molecule has 20 heavy (non-hydrogen) atoms. The van der Waals surface area contributed by atoms with E-state index in [-0.39, 0.29) is 11.7 Å². The first-order valence-corrected chi connectivity index (χ1v) is 7.07. The van der Waals surface area contributed by atoms with E-state index in [0.717, 1.165) is 0 Å². The number of aliphatic carboxylic acids is 1. The minimum absolute atomic E-state index is 0.0527. The molecule has 0 unspecified atom stereocenters. The Balaban J connectivity index is 4.75. The predicted molar refractivity (Wildman–Crippen MR) is 78.5 cm³/mol. The summed E-state index contributed by atoms with van der Waals surface area (Å²) in [4.78, 5) is 34.6. The Bertz CT molecular complexity index is 363. The maximum absolute atomic E-state index is 12.0. The number of rotatable bonds is 8. The van der Waals surface area contributed by atoms with E-state index in [2.05, 4.69) is 23.3 Å². The van der Waals surface area contributed by atoms with Gasteiger partial charge in [0.05, 0.1) is 6.04 Å². The number of carboxylic acid groups (broad SMARTS) is 1. The number of thiol groups is 1. The van der Waals surface area contributed by atoms with Crippen LogP contribution in [-0.4, -0.2) is 46.8 Å². The minimum Gasteiger partial charge on any atom is -0.480 e. The average molecular weight is 305 g/mol. The van der Waals surface area contributed by atoms with Crippen molar-refractivity contribution in [2.24, 2.45) is 11.7 Å². The van der Waals surface area contributed by atoms with Gasteiger partial charge in [0.1, 0.15) is 12.1 Å². The minimum atomic E-state index is -1.11. The van der Waals surface area contributed by atoms with Crippen molar-refractivity contribution in [2.75, 3.05) is 5.75 Å². The normalized spacial score (nSPS) is 16.6. The lowest BCUT2D eigenvalue weighted by molar-refractivity contribution is -0.143. The zero-order chi connectivity index (χ0) is 15.9. The third kappa shape index (κ3) is 5.79. The first kappa shape index (κ1) is 18.7. The van der Waals surface area contributed by atoms with Crippen molar-refractivity contribution in [3.05, 3.63) is 0 Å². The summed E-state index contributed by atoms with van der Waals surface area (Å²) in [6.07, 6.45) is 0.606. The molecular formula is C12H23N3O4S. The zero-order valence-electron chi connectivity index (χ0n) is 11.9. The quantitative estimate of drug-likeness (QED) is 0.382. The molecule has 0 saturated carbocycles. The van der Waals surface area contributed by atoms with Crippen LogP contribution in [0.1, 0.15) is 27.2 Å². The largest absolute Gasteiger partial charge is 0.480 e. The Morgan fingerprint density at radius 2 is 1.75 bits per heavy atom. The van der Waals surface area contributed by atoms with Gasteiger partial charge in [-0.2, -0.15) is 12.6 Å². The van der Waals surface area contributed by atoms with Crippen LogP contribution >= 0.6 is 12.6 Å². The summed E-state index contributed by atoms with van der Waals surface area (Å²) in [5.74, 6) is -2.35. The number of carbonyl (C=O) groups is 3. The summed E-state index contributed by atoms with van der Waals surface area (Å²) in [6, 6.07) is -2.67. The number of amides is 2. The van der Waals surface area contributed by atoms with Crippen molar-refractivity contribution in [3.63, 3.8) is 0 Å². The summed E-state index contributed by atoms with van der Waals surface area (Å²) in [5, 5.41) is 13.9. The molecule has 0 rings (SSSR count). The van der Waals surface area contributed by atoms with E-state index in [9.17, 15) is 14.4 Å². The van der Waals surface area contributed by atoms with Gasteiger partial charge >= 0.3 is 5.97 Å². The predicted octanol–water partition coefficient (Wildman–Crippen LogP) is -0.636. The highest BCUT2D eigenvalue weighted by molar-refractivity contribution is 7.80. The number of hydrogen-bond donors (Lipinski definition) is 5. The molecule has 0 radical (unpaired) electrons. The van der Waals surface area contributed by atoms with E-state index in [0.29, 0.717) is 6.42 Å². The number of carboxylic acids is 1. The van der Waals surface area contributed by atoms with Crippen LogP contribution in [0.3, 0.4) is 0 Å². The third-order valence-corrected chi connectivity index (χ3v) is 3.37. The molecule has 5 N–H and O–H groups in total. The van der Waals surface area contributed by atoms with Crippen LogP contribution in [0.15, 0.2) is 0 Å². The highest BCUT2D eigenvalue weighted by Crippen LogP contribution is 2.08. The maximum Gasteiger partial charge on any atom is 0.326 e. The van der Waals surface area contributed by atoms with Crippen LogP contribution in [-0.2, 0) is 14.4 Å². The van der Waals surface area contributed by atoms with Gasteiger partial charge < -0.3 is 21.5 Å². The van der Waals surface area contributed by atoms with Gasteiger partial charge in [0.2, 0.25) is 11.8 Å². The second-order valence-corrected chi connectivity index (χ2v) is 5.11. The summed E-state index contributed by atoms with van der Waals surface area (Å²) < 4.78 is 0. The lowest BCUT2D eigenvalue weighted by Crippen LogP contribution is -2.56. The van der Waals surface area contributed by atoms with E-state index in [1.54, 1.807) is 6.92 Å². The fraction of sp³-hybridized carbons (Fsp3) is 0.750. The van der Waals surface area contributed by atoms with Crippen molar-refractivity contribution in [1.82, 2.24) is 10.6 Å². The highest BCUT2D eigenvalue weighted by Gasteiger charge is 2.29. The second-order valence-electron chi connectivity index (χ2n) is 4.74. The van der Waals surface area contributed by atoms with E-state index in [1.807, 2.05) is 6.92 Å². The molecule has 8 heteroatoms. The average Bonchev–Trinajstić information content (AvgIpc) is 2.39. The van der Waals surface area contributed by atoms with Crippen LogP contribution in [0.5, 0.6) is 0 Å². The molecule has 0 saturated heterocycles. The van der Waals surface area contributed by atoms with Gasteiger partial charge in [0.25, 0.3) is 0 Å². The van der Waals surface area contributed by atoms with Gasteiger partial charge in [0.15, 0.2) is 0 Å². The van der Waals surface area contributed by atoms with Crippen molar-refractivity contribution in [3.8, 4) is 0 Å². The Morgan fingerprint density at radius 1 is 1.20 bits per heavy atom. The molecule has 2 amide bonds. The molecule has 0 aliphatic heterocycles. The van der Waals surface area contributed by atoms with Crippen LogP contribution in [0.4, 0.5) is 0 Å². The Morgan fingerprint density at radius 3 is 2.10 bits per heavy atom.